The number of carboxylic acids is 1. The number of aliphatic carboxylic acids is 1. The number of alkyl halides is 3. The van der Waals surface area contributed by atoms with E-state index in [0.717, 1.165) is 43.1 Å². The van der Waals surface area contributed by atoms with Crippen molar-refractivity contribution in [3.63, 3.8) is 0 Å². The maximum Gasteiger partial charge on any atom is 0.490 e. The van der Waals surface area contributed by atoms with Gasteiger partial charge >= 0.3 is 12.1 Å². The number of nitrogens with one attached hydrogen (secondary N) is 1. The van der Waals surface area contributed by atoms with E-state index in [-0.39, 0.29) is 11.8 Å². The van der Waals surface area contributed by atoms with E-state index >= 15 is 0 Å². The molecule has 200 valence electrons. The number of nitrogens with zero attached hydrogens (tertiary/aromatic N) is 4. The summed E-state index contributed by atoms with van der Waals surface area (Å²) in [5, 5.41) is 15.3. The number of piperidine rings is 1. The van der Waals surface area contributed by atoms with Gasteiger partial charge in [-0.1, -0.05) is 30.3 Å². The van der Waals surface area contributed by atoms with Gasteiger partial charge in [0.2, 0.25) is 0 Å². The van der Waals surface area contributed by atoms with Gasteiger partial charge in [-0.25, -0.2) is 14.3 Å². The highest BCUT2D eigenvalue weighted by atomic mass is 19.4. The number of aryl methyl sites for hydroxylation is 1. The molecule has 4 heterocycles. The number of rotatable bonds is 5. The Balaban J connectivity index is 0.000000426. The number of fused-ring (bicyclic) bond motifs is 1. The lowest BCUT2D eigenvalue weighted by molar-refractivity contribution is -0.192. The maximum absolute atomic E-state index is 12.9. The summed E-state index contributed by atoms with van der Waals surface area (Å²) < 4.78 is 38.9. The van der Waals surface area contributed by atoms with Crippen LogP contribution in [0.4, 0.5) is 18.9 Å². The lowest BCUT2D eigenvalue weighted by atomic mass is 9.97. The molecule has 3 aromatic heterocycles. The van der Waals surface area contributed by atoms with E-state index in [1.54, 1.807) is 12.3 Å². The quantitative estimate of drug-likeness (QED) is 0.378. The van der Waals surface area contributed by atoms with Gasteiger partial charge in [-0.2, -0.15) is 18.3 Å². The van der Waals surface area contributed by atoms with Crippen molar-refractivity contribution < 1.29 is 32.3 Å². The van der Waals surface area contributed by atoms with Crippen LogP contribution in [0.5, 0.6) is 0 Å². The normalized spacial score (nSPS) is 15.6. The van der Waals surface area contributed by atoms with E-state index in [4.69, 9.17) is 24.4 Å². The van der Waals surface area contributed by atoms with Crippen LogP contribution in [0.25, 0.3) is 5.65 Å². The number of carboxylic acid groups (broad SMARTS) is 1. The zero-order chi connectivity index (χ0) is 27.3. The predicted octanol–water partition coefficient (Wildman–Crippen LogP) is 4.90. The van der Waals surface area contributed by atoms with E-state index < -0.39 is 12.1 Å². The Bertz CT molecular complexity index is 1400. The van der Waals surface area contributed by atoms with E-state index in [2.05, 4.69) is 17.4 Å². The Morgan fingerprint density at radius 3 is 2.55 bits per heavy atom. The Hall–Kier alpha value is -4.35. The number of halogens is 3. The summed E-state index contributed by atoms with van der Waals surface area (Å²) in [6, 6.07) is 16.0. The molecule has 2 N–H and O–H groups in total. The summed E-state index contributed by atoms with van der Waals surface area (Å²) in [4.78, 5) is 28.4. The first-order valence-corrected chi connectivity index (χ1v) is 11.9. The molecule has 9 nitrogen and oxygen atoms in total. The highest BCUT2D eigenvalue weighted by molar-refractivity contribution is 5.95. The summed E-state index contributed by atoms with van der Waals surface area (Å²) in [6.45, 7) is 3.95. The number of likely N-dealkylation sites (tertiary alicyclic amines) is 1. The zero-order valence-electron chi connectivity index (χ0n) is 20.5. The summed E-state index contributed by atoms with van der Waals surface area (Å²) in [6.07, 6.45) is 0.364. The van der Waals surface area contributed by atoms with Crippen molar-refractivity contribution in [3.05, 3.63) is 83.7 Å². The fourth-order valence-corrected chi connectivity index (χ4v) is 4.13. The molecule has 12 heteroatoms. The van der Waals surface area contributed by atoms with Crippen molar-refractivity contribution in [2.24, 2.45) is 0 Å². The molecule has 0 saturated carbocycles. The van der Waals surface area contributed by atoms with E-state index in [1.807, 2.05) is 52.9 Å². The fourth-order valence-electron chi connectivity index (χ4n) is 4.13. The van der Waals surface area contributed by atoms with Crippen LogP contribution in [-0.2, 0) is 11.3 Å². The van der Waals surface area contributed by atoms with Gasteiger partial charge in [-0.15, -0.1) is 0 Å². The average Bonchev–Trinajstić information content (AvgIpc) is 3.53. The molecule has 0 spiro atoms. The molecule has 0 radical (unpaired) electrons. The zero-order valence-corrected chi connectivity index (χ0v) is 20.5. The number of carbonyl (C=O) groups is 2. The van der Waals surface area contributed by atoms with Crippen molar-refractivity contribution in [1.29, 1.82) is 0 Å². The molecular formula is C26H26F3N5O4. The minimum absolute atomic E-state index is 0.0205. The number of anilines is 1. The number of aromatic nitrogens is 3. The molecule has 1 aromatic carbocycles. The minimum Gasteiger partial charge on any atom is -0.475 e. The van der Waals surface area contributed by atoms with Crippen LogP contribution in [0.1, 0.15) is 46.3 Å². The Morgan fingerprint density at radius 2 is 1.89 bits per heavy atom. The highest BCUT2D eigenvalue weighted by Crippen LogP contribution is 2.27. The fraction of sp³-hybridized carbons (Fsp3) is 0.308. The molecule has 1 aliphatic heterocycles. The Morgan fingerprint density at radius 1 is 1.16 bits per heavy atom. The molecule has 1 fully saturated rings. The number of benzene rings is 1. The summed E-state index contributed by atoms with van der Waals surface area (Å²) in [5.74, 6) is -1.15. The van der Waals surface area contributed by atoms with Gasteiger partial charge < -0.3 is 19.7 Å². The molecule has 5 rings (SSSR count). The van der Waals surface area contributed by atoms with Crippen molar-refractivity contribution in [2.75, 3.05) is 18.4 Å². The van der Waals surface area contributed by atoms with Gasteiger partial charge in [0, 0.05) is 25.6 Å². The molecule has 0 bridgehead atoms. The van der Waals surface area contributed by atoms with E-state index in [1.165, 1.54) is 5.56 Å². The first-order chi connectivity index (χ1) is 18.1. The maximum atomic E-state index is 12.9. The molecular weight excluding hydrogens is 503 g/mol. The van der Waals surface area contributed by atoms with Crippen molar-refractivity contribution in [1.82, 2.24) is 19.5 Å². The van der Waals surface area contributed by atoms with Crippen LogP contribution >= 0.6 is 0 Å². The number of hydrogen-bond donors (Lipinski definition) is 2. The van der Waals surface area contributed by atoms with E-state index in [0.29, 0.717) is 17.9 Å². The Kier molecular flexibility index (Phi) is 7.99. The summed E-state index contributed by atoms with van der Waals surface area (Å²) >= 11 is 0. The number of furan rings is 1. The first-order valence-electron chi connectivity index (χ1n) is 11.9. The second kappa shape index (κ2) is 11.4. The lowest BCUT2D eigenvalue weighted by Gasteiger charge is -2.31. The van der Waals surface area contributed by atoms with Crippen LogP contribution in [0, 0.1) is 6.92 Å². The van der Waals surface area contributed by atoms with Crippen LogP contribution in [0.15, 0.2) is 65.4 Å². The number of pyridine rings is 1. The summed E-state index contributed by atoms with van der Waals surface area (Å²) in [7, 11) is 0. The monoisotopic (exact) mass is 529 g/mol. The van der Waals surface area contributed by atoms with Crippen LogP contribution in [-0.4, -0.2) is 55.7 Å². The molecule has 1 saturated heterocycles. The van der Waals surface area contributed by atoms with E-state index in [9.17, 15) is 18.0 Å². The molecule has 4 aromatic rings. The highest BCUT2D eigenvalue weighted by Gasteiger charge is 2.38. The second-order valence-electron chi connectivity index (χ2n) is 8.81. The molecule has 1 aliphatic rings. The third kappa shape index (κ3) is 6.50. The van der Waals surface area contributed by atoms with Crippen LogP contribution < -0.4 is 5.32 Å². The Labute approximate surface area is 215 Å². The van der Waals surface area contributed by atoms with Crippen LogP contribution in [0.2, 0.25) is 0 Å². The summed E-state index contributed by atoms with van der Waals surface area (Å²) in [5.41, 5.74) is 3.66. The molecule has 0 aliphatic carbocycles. The second-order valence-corrected chi connectivity index (χ2v) is 8.81. The van der Waals surface area contributed by atoms with Gasteiger partial charge in [0.1, 0.15) is 5.76 Å². The van der Waals surface area contributed by atoms with Gasteiger partial charge in [0.25, 0.3) is 5.91 Å². The number of carbonyl (C=O) groups excluding carboxylic acids is 1. The first kappa shape index (κ1) is 26.7. The SMILES string of the molecule is Cc1occc1C(=O)N1CCCC(c2nc3ccc(NCc4ccccc4)cn3n2)C1.O=C(O)C(F)(F)F. The average molecular weight is 530 g/mol. The number of amides is 1. The smallest absolute Gasteiger partial charge is 0.475 e. The number of hydrogen-bond acceptors (Lipinski definition) is 6. The minimum atomic E-state index is -5.08. The predicted molar refractivity (Wildman–Crippen MR) is 132 cm³/mol. The van der Waals surface area contributed by atoms with Gasteiger partial charge in [0.05, 0.1) is 23.7 Å². The molecule has 1 amide bonds. The molecule has 38 heavy (non-hydrogen) atoms. The van der Waals surface area contributed by atoms with Gasteiger partial charge in [0.15, 0.2) is 11.5 Å². The van der Waals surface area contributed by atoms with Crippen molar-refractivity contribution in [2.45, 2.75) is 38.4 Å². The van der Waals surface area contributed by atoms with Crippen LogP contribution in [0.3, 0.4) is 0 Å². The third-order valence-corrected chi connectivity index (χ3v) is 6.09. The standard InChI is InChI=1S/C24H25N5O2.C2HF3O2/c1-17-21(11-13-31-17)24(30)28-12-5-8-19(15-28)23-26-22-10-9-20(16-29(22)27-23)25-14-18-6-3-2-4-7-18;3-2(4,5)1(6)7/h2-4,6-7,9-11,13,16,19,25H,5,8,12,14-15H2,1H3;(H,6,7). The largest absolute Gasteiger partial charge is 0.490 e. The topological polar surface area (TPSA) is 113 Å². The van der Waals surface area contributed by atoms with Crippen molar-refractivity contribution >= 4 is 23.2 Å². The molecule has 1 unspecified atom stereocenters. The van der Waals surface area contributed by atoms with Gasteiger partial charge in [-0.3, -0.25) is 4.79 Å². The van der Waals surface area contributed by atoms with Gasteiger partial charge in [-0.05, 0) is 43.5 Å². The lowest BCUT2D eigenvalue weighted by Crippen LogP contribution is -2.39. The van der Waals surface area contributed by atoms with Crippen molar-refractivity contribution in [3.8, 4) is 0 Å². The molecule has 1 atom stereocenters. The third-order valence-electron chi connectivity index (χ3n) is 6.09.